The highest BCUT2D eigenvalue weighted by atomic mass is 16.6. The molecule has 88 valence electrons. The van der Waals surface area contributed by atoms with Gasteiger partial charge in [-0.05, 0) is 20.3 Å². The summed E-state index contributed by atoms with van der Waals surface area (Å²) in [6, 6.07) is -0.392. The van der Waals surface area contributed by atoms with Crippen LogP contribution in [-0.4, -0.2) is 30.5 Å². The molecule has 4 N–H and O–H groups in total. The number of hydrogen-bond acceptors (Lipinski definition) is 4. The van der Waals surface area contributed by atoms with Gasteiger partial charge < -0.3 is 11.1 Å². The van der Waals surface area contributed by atoms with Gasteiger partial charge in [-0.25, -0.2) is 0 Å². The van der Waals surface area contributed by atoms with Crippen LogP contribution >= 0.6 is 0 Å². The minimum absolute atomic E-state index is 0.123. The average Bonchev–Trinajstić information content (AvgIpc) is 2.16. The van der Waals surface area contributed by atoms with Crippen molar-refractivity contribution in [2.45, 2.75) is 39.3 Å². The molecule has 6 heteroatoms. The number of amides is 2. The van der Waals surface area contributed by atoms with Gasteiger partial charge in [0, 0.05) is 6.04 Å². The Balaban J connectivity index is 3.74. The molecule has 0 radical (unpaired) electrons. The minimum atomic E-state index is -0.586. The molecule has 2 unspecified atom stereocenters. The second kappa shape index (κ2) is 7.19. The molecule has 2 atom stereocenters. The van der Waals surface area contributed by atoms with E-state index >= 15 is 0 Å². The molecule has 0 fully saturated rings. The summed E-state index contributed by atoms with van der Waals surface area (Å²) in [7, 11) is 0. The lowest BCUT2D eigenvalue weighted by atomic mass is 10.2. The van der Waals surface area contributed by atoms with Crippen LogP contribution in [0.15, 0.2) is 0 Å². The zero-order valence-electron chi connectivity index (χ0n) is 9.37. The highest BCUT2D eigenvalue weighted by Crippen LogP contribution is 1.90. The van der Waals surface area contributed by atoms with Gasteiger partial charge in [0.05, 0.1) is 0 Å². The third-order valence-corrected chi connectivity index (χ3v) is 1.87. The maximum Gasteiger partial charge on any atom is 0.245 e. The van der Waals surface area contributed by atoms with Crippen LogP contribution in [0.25, 0.3) is 0 Å². The fourth-order valence-electron chi connectivity index (χ4n) is 0.761. The highest BCUT2D eigenvalue weighted by molar-refractivity contribution is 5.81. The molecular weight excluding hydrogens is 198 g/mol. The number of nitrogens with one attached hydrogen (secondary N) is 2. The van der Waals surface area contributed by atoms with Crippen molar-refractivity contribution in [1.29, 1.82) is 0 Å². The quantitative estimate of drug-likeness (QED) is 0.491. The lowest BCUT2D eigenvalue weighted by Crippen LogP contribution is -2.45. The Kier molecular flexibility index (Phi) is 6.64. The van der Waals surface area contributed by atoms with Crippen LogP contribution in [0.4, 0.5) is 0 Å². The van der Waals surface area contributed by atoms with E-state index in [4.69, 9.17) is 10.6 Å². The maximum absolute atomic E-state index is 11.4. The summed E-state index contributed by atoms with van der Waals surface area (Å²) in [6.45, 7) is 5.28. The van der Waals surface area contributed by atoms with E-state index in [1.807, 2.05) is 13.8 Å². The third-order valence-electron chi connectivity index (χ3n) is 1.87. The molecule has 0 aliphatic heterocycles. The molecule has 0 aliphatic carbocycles. The molecule has 0 rings (SSSR count). The topological polar surface area (TPSA) is 93.4 Å². The average molecular weight is 217 g/mol. The van der Waals surface area contributed by atoms with Crippen molar-refractivity contribution in [2.75, 3.05) is 6.61 Å². The normalized spacial score (nSPS) is 14.3. The van der Waals surface area contributed by atoms with Gasteiger partial charge in [-0.15, -0.1) is 0 Å². The fourth-order valence-corrected chi connectivity index (χ4v) is 0.761. The summed E-state index contributed by atoms with van der Waals surface area (Å²) >= 11 is 0. The van der Waals surface area contributed by atoms with Crippen molar-refractivity contribution in [1.82, 2.24) is 10.8 Å². The number of primary amides is 1. The van der Waals surface area contributed by atoms with Crippen LogP contribution < -0.4 is 16.5 Å². The van der Waals surface area contributed by atoms with Gasteiger partial charge in [0.2, 0.25) is 11.8 Å². The molecule has 15 heavy (non-hydrogen) atoms. The first-order chi connectivity index (χ1) is 6.97. The van der Waals surface area contributed by atoms with Crippen LogP contribution in [0, 0.1) is 0 Å². The van der Waals surface area contributed by atoms with Crippen LogP contribution in [0.1, 0.15) is 27.2 Å². The summed E-state index contributed by atoms with van der Waals surface area (Å²) in [4.78, 5) is 26.5. The number of carbonyl (C=O) groups excluding carboxylic acids is 2. The van der Waals surface area contributed by atoms with E-state index in [0.29, 0.717) is 0 Å². The molecule has 0 aromatic heterocycles. The smallest absolute Gasteiger partial charge is 0.245 e. The Hall–Kier alpha value is -1.14. The van der Waals surface area contributed by atoms with Gasteiger partial charge in [0.15, 0.2) is 0 Å². The molecule has 0 aromatic carbocycles. The highest BCUT2D eigenvalue weighted by Gasteiger charge is 2.14. The van der Waals surface area contributed by atoms with Crippen molar-refractivity contribution in [3.05, 3.63) is 0 Å². The molecule has 0 saturated carbocycles. The Morgan fingerprint density at radius 1 is 1.40 bits per heavy atom. The molecule has 6 nitrogen and oxygen atoms in total. The Morgan fingerprint density at radius 2 is 2.00 bits per heavy atom. The number of nitrogens with two attached hydrogens (primary N) is 1. The van der Waals surface area contributed by atoms with Crippen LogP contribution in [-0.2, 0) is 14.4 Å². The van der Waals surface area contributed by atoms with Crippen LogP contribution in [0.3, 0.4) is 0 Å². The zero-order valence-corrected chi connectivity index (χ0v) is 9.37. The van der Waals surface area contributed by atoms with Crippen molar-refractivity contribution < 1.29 is 14.4 Å². The van der Waals surface area contributed by atoms with Gasteiger partial charge in [-0.2, -0.15) is 5.48 Å². The van der Waals surface area contributed by atoms with Crippen LogP contribution in [0.2, 0.25) is 0 Å². The lowest BCUT2D eigenvalue weighted by Gasteiger charge is -2.16. The molecule has 0 saturated heterocycles. The summed E-state index contributed by atoms with van der Waals surface area (Å²) in [6.07, 6.45) is 0.862. The second-order valence-corrected chi connectivity index (χ2v) is 3.41. The molecule has 0 spiro atoms. The van der Waals surface area contributed by atoms with Gasteiger partial charge >= 0.3 is 0 Å². The van der Waals surface area contributed by atoms with Crippen molar-refractivity contribution >= 4 is 11.8 Å². The van der Waals surface area contributed by atoms with E-state index in [2.05, 4.69) is 10.8 Å². The van der Waals surface area contributed by atoms with Crippen molar-refractivity contribution in [3.63, 3.8) is 0 Å². The standard InChI is InChI=1S/C9H19N3O3/c1-4-6(2)11-9(14)7(3)12-15-5-8(10)13/h6-7,12H,4-5H2,1-3H3,(H2,10,13)(H,11,14). The third kappa shape index (κ3) is 6.87. The largest absolute Gasteiger partial charge is 0.368 e. The maximum atomic E-state index is 11.4. The molecule has 0 aromatic rings. The fraction of sp³-hybridized carbons (Fsp3) is 0.778. The summed E-state index contributed by atoms with van der Waals surface area (Å²) in [5.74, 6) is -0.758. The van der Waals surface area contributed by atoms with E-state index < -0.39 is 11.9 Å². The van der Waals surface area contributed by atoms with E-state index in [-0.39, 0.29) is 18.6 Å². The number of hydrogen-bond donors (Lipinski definition) is 3. The van der Waals surface area contributed by atoms with Gasteiger partial charge in [-0.3, -0.25) is 14.4 Å². The first-order valence-electron chi connectivity index (χ1n) is 4.93. The van der Waals surface area contributed by atoms with Gasteiger partial charge in [0.1, 0.15) is 12.6 Å². The summed E-state index contributed by atoms with van der Waals surface area (Å²) in [5.41, 5.74) is 7.28. The minimum Gasteiger partial charge on any atom is -0.368 e. The van der Waals surface area contributed by atoms with Crippen molar-refractivity contribution in [3.8, 4) is 0 Å². The zero-order chi connectivity index (χ0) is 11.8. The van der Waals surface area contributed by atoms with Gasteiger partial charge in [0.25, 0.3) is 0 Å². The van der Waals surface area contributed by atoms with Crippen molar-refractivity contribution in [2.24, 2.45) is 5.73 Å². The summed E-state index contributed by atoms with van der Waals surface area (Å²) in [5, 5.41) is 2.77. The van der Waals surface area contributed by atoms with E-state index in [0.717, 1.165) is 6.42 Å². The predicted octanol–water partition coefficient (Wildman–Crippen LogP) is -0.704. The Morgan fingerprint density at radius 3 is 2.47 bits per heavy atom. The van der Waals surface area contributed by atoms with E-state index in [9.17, 15) is 9.59 Å². The van der Waals surface area contributed by atoms with Crippen LogP contribution in [0.5, 0.6) is 0 Å². The predicted molar refractivity (Wildman–Crippen MR) is 55.6 cm³/mol. The Bertz CT molecular complexity index is 221. The van der Waals surface area contributed by atoms with E-state index in [1.54, 1.807) is 6.92 Å². The molecule has 0 bridgehead atoms. The number of carbonyl (C=O) groups is 2. The lowest BCUT2D eigenvalue weighted by molar-refractivity contribution is -0.133. The molecule has 2 amide bonds. The molecule has 0 heterocycles. The van der Waals surface area contributed by atoms with E-state index in [1.165, 1.54) is 0 Å². The molecular formula is C9H19N3O3. The Labute approximate surface area is 89.5 Å². The number of hydroxylamine groups is 1. The monoisotopic (exact) mass is 217 g/mol. The number of rotatable bonds is 7. The second-order valence-electron chi connectivity index (χ2n) is 3.41. The molecule has 0 aliphatic rings. The first kappa shape index (κ1) is 13.9. The first-order valence-corrected chi connectivity index (χ1v) is 4.93. The van der Waals surface area contributed by atoms with Gasteiger partial charge in [-0.1, -0.05) is 6.92 Å². The summed E-state index contributed by atoms with van der Waals surface area (Å²) < 4.78 is 0. The SMILES string of the molecule is CCC(C)NC(=O)C(C)NOCC(N)=O.